The van der Waals surface area contributed by atoms with E-state index in [1.165, 1.54) is 13.1 Å². The van der Waals surface area contributed by atoms with Gasteiger partial charge in [0.15, 0.2) is 17.3 Å². The van der Waals surface area contributed by atoms with Crippen molar-refractivity contribution in [2.24, 2.45) is 0 Å². The van der Waals surface area contributed by atoms with Crippen LogP contribution in [-0.2, 0) is 4.79 Å². The third kappa shape index (κ3) is 4.20. The van der Waals surface area contributed by atoms with Crippen molar-refractivity contribution in [1.29, 1.82) is 0 Å². The molecule has 4 aromatic rings. The molecular formula is C24H18F2N4O3. The van der Waals surface area contributed by atoms with Crippen molar-refractivity contribution in [2.75, 3.05) is 7.05 Å². The predicted molar refractivity (Wildman–Crippen MR) is 118 cm³/mol. The van der Waals surface area contributed by atoms with E-state index >= 15 is 0 Å². The van der Waals surface area contributed by atoms with Gasteiger partial charge in [-0.25, -0.2) is 8.78 Å². The molecule has 0 saturated heterocycles. The maximum atomic E-state index is 13.8. The van der Waals surface area contributed by atoms with Gasteiger partial charge in [-0.3, -0.25) is 14.4 Å². The van der Waals surface area contributed by atoms with Crippen LogP contribution in [0.5, 0.6) is 0 Å². The van der Waals surface area contributed by atoms with Gasteiger partial charge in [0.2, 0.25) is 5.91 Å². The van der Waals surface area contributed by atoms with E-state index in [1.807, 2.05) is 0 Å². The van der Waals surface area contributed by atoms with E-state index < -0.39 is 35.0 Å². The zero-order valence-electron chi connectivity index (χ0n) is 17.4. The fraction of sp³-hybridized carbons (Fsp3) is 0.0833. The first-order valence-corrected chi connectivity index (χ1v) is 9.95. The van der Waals surface area contributed by atoms with E-state index in [1.54, 1.807) is 54.6 Å². The Kier molecular flexibility index (Phi) is 5.95. The lowest BCUT2D eigenvalue weighted by Gasteiger charge is -2.18. The fourth-order valence-corrected chi connectivity index (χ4v) is 3.44. The largest absolute Gasteiger partial charge is 0.357 e. The number of carbonyl (C=O) groups is 2. The summed E-state index contributed by atoms with van der Waals surface area (Å²) in [5.74, 6) is -3.65. The van der Waals surface area contributed by atoms with E-state index in [9.17, 15) is 23.2 Å². The minimum atomic E-state index is -1.32. The van der Waals surface area contributed by atoms with Gasteiger partial charge in [0.05, 0.1) is 11.1 Å². The summed E-state index contributed by atoms with van der Waals surface area (Å²) < 4.78 is 28.3. The Morgan fingerprint density at radius 1 is 0.909 bits per heavy atom. The highest BCUT2D eigenvalue weighted by Gasteiger charge is 2.26. The Morgan fingerprint density at radius 3 is 2.24 bits per heavy atom. The number of benzene rings is 3. The molecule has 0 aliphatic carbocycles. The van der Waals surface area contributed by atoms with Crippen LogP contribution in [-0.4, -0.2) is 28.6 Å². The van der Waals surface area contributed by atoms with Gasteiger partial charge in [0, 0.05) is 12.4 Å². The van der Waals surface area contributed by atoms with E-state index in [2.05, 4.69) is 15.7 Å². The second-order valence-corrected chi connectivity index (χ2v) is 7.14. The van der Waals surface area contributed by atoms with Crippen LogP contribution in [0.2, 0.25) is 0 Å². The number of rotatable bonds is 5. The quantitative estimate of drug-likeness (QED) is 0.491. The lowest BCUT2D eigenvalue weighted by atomic mass is 10.0. The minimum absolute atomic E-state index is 0.0438. The average molecular weight is 448 g/mol. The summed E-state index contributed by atoms with van der Waals surface area (Å²) in [5, 5.41) is 9.71. The number of aromatic nitrogens is 2. The minimum Gasteiger partial charge on any atom is -0.357 e. The molecular weight excluding hydrogens is 430 g/mol. The molecule has 7 nitrogen and oxygen atoms in total. The molecule has 1 heterocycles. The first kappa shape index (κ1) is 21.8. The Labute approximate surface area is 186 Å². The number of amides is 2. The summed E-state index contributed by atoms with van der Waals surface area (Å²) in [7, 11) is 1.35. The number of likely N-dealkylation sites (N-methyl/N-ethyl adjacent to an activating group) is 1. The first-order valence-electron chi connectivity index (χ1n) is 9.95. The molecule has 1 unspecified atom stereocenters. The Morgan fingerprint density at radius 2 is 1.58 bits per heavy atom. The van der Waals surface area contributed by atoms with Gasteiger partial charge < -0.3 is 10.6 Å². The third-order valence-corrected chi connectivity index (χ3v) is 5.08. The average Bonchev–Trinajstić information content (AvgIpc) is 2.84. The third-order valence-electron chi connectivity index (χ3n) is 5.08. The highest BCUT2D eigenvalue weighted by Crippen LogP contribution is 2.20. The smallest absolute Gasteiger partial charge is 0.279 e. The molecule has 0 bridgehead atoms. The van der Waals surface area contributed by atoms with Crippen molar-refractivity contribution in [2.45, 2.75) is 6.04 Å². The number of fused-ring (bicyclic) bond motifs is 1. The van der Waals surface area contributed by atoms with Crippen LogP contribution in [0.3, 0.4) is 0 Å². The molecule has 0 fully saturated rings. The highest BCUT2D eigenvalue weighted by molar-refractivity contribution is 6.06. The summed E-state index contributed by atoms with van der Waals surface area (Å²) in [4.78, 5) is 38.7. The van der Waals surface area contributed by atoms with Crippen molar-refractivity contribution in [3.8, 4) is 5.69 Å². The molecule has 3 aromatic carbocycles. The number of hydrogen-bond donors (Lipinski definition) is 2. The molecule has 2 N–H and O–H groups in total. The van der Waals surface area contributed by atoms with Crippen molar-refractivity contribution in [3.05, 3.63) is 106 Å². The second-order valence-electron chi connectivity index (χ2n) is 7.14. The zero-order valence-corrected chi connectivity index (χ0v) is 17.4. The maximum absolute atomic E-state index is 13.8. The van der Waals surface area contributed by atoms with Gasteiger partial charge in [0.1, 0.15) is 6.04 Å². The van der Waals surface area contributed by atoms with Crippen LogP contribution >= 0.6 is 0 Å². The maximum Gasteiger partial charge on any atom is 0.279 e. The van der Waals surface area contributed by atoms with Crippen molar-refractivity contribution >= 4 is 22.6 Å². The first-order chi connectivity index (χ1) is 15.9. The molecule has 1 aromatic heterocycles. The lowest BCUT2D eigenvalue weighted by Crippen LogP contribution is -2.40. The number of nitrogens with one attached hydrogen (secondary N) is 2. The summed E-state index contributed by atoms with van der Waals surface area (Å²) >= 11 is 0. The molecule has 0 aliphatic rings. The highest BCUT2D eigenvalue weighted by atomic mass is 19.2. The van der Waals surface area contributed by atoms with Crippen LogP contribution in [0, 0.1) is 11.6 Å². The van der Waals surface area contributed by atoms with Crippen molar-refractivity contribution < 1.29 is 18.4 Å². The normalized spacial score (nSPS) is 11.7. The summed E-state index contributed by atoms with van der Waals surface area (Å²) in [6.07, 6.45) is 0. The van der Waals surface area contributed by atoms with Gasteiger partial charge >= 0.3 is 0 Å². The molecule has 1 atom stereocenters. The Balaban J connectivity index is 1.82. The van der Waals surface area contributed by atoms with Gasteiger partial charge in [-0.2, -0.15) is 9.78 Å². The van der Waals surface area contributed by atoms with Crippen molar-refractivity contribution in [3.63, 3.8) is 0 Å². The molecule has 2 amide bonds. The summed E-state index contributed by atoms with van der Waals surface area (Å²) in [6.45, 7) is 0. The predicted octanol–water partition coefficient (Wildman–Crippen LogP) is 2.88. The molecule has 166 valence electrons. The molecule has 0 aliphatic heterocycles. The summed E-state index contributed by atoms with van der Waals surface area (Å²) in [6, 6.07) is 16.6. The number of halogens is 2. The molecule has 0 radical (unpaired) electrons. The van der Waals surface area contributed by atoms with E-state index in [0.717, 1.165) is 16.8 Å². The van der Waals surface area contributed by atoms with Gasteiger partial charge in [0.25, 0.3) is 11.5 Å². The van der Waals surface area contributed by atoms with E-state index in [-0.39, 0.29) is 22.0 Å². The van der Waals surface area contributed by atoms with E-state index in [0.29, 0.717) is 5.69 Å². The van der Waals surface area contributed by atoms with Gasteiger partial charge in [-0.1, -0.05) is 42.5 Å². The fourth-order valence-electron chi connectivity index (χ4n) is 3.44. The van der Waals surface area contributed by atoms with Gasteiger partial charge in [-0.05, 0) is 35.9 Å². The SMILES string of the molecule is CNC(=O)C(NC(=O)c1nn(-c2ccccc2)c(=O)c2ccccc12)c1ccc(F)c(F)c1. The zero-order chi connectivity index (χ0) is 23.5. The van der Waals surface area contributed by atoms with Crippen LogP contribution < -0.4 is 16.2 Å². The number of hydrogen-bond acceptors (Lipinski definition) is 4. The second kappa shape index (κ2) is 8.99. The van der Waals surface area contributed by atoms with Crippen LogP contribution in [0.4, 0.5) is 8.78 Å². The number of carbonyl (C=O) groups excluding carboxylic acids is 2. The van der Waals surface area contributed by atoms with Crippen LogP contribution in [0.15, 0.2) is 77.6 Å². The molecule has 33 heavy (non-hydrogen) atoms. The van der Waals surface area contributed by atoms with Crippen molar-refractivity contribution in [1.82, 2.24) is 20.4 Å². The number of para-hydroxylation sites is 1. The molecule has 0 saturated carbocycles. The number of nitrogens with zero attached hydrogens (tertiary/aromatic N) is 2. The molecule has 9 heteroatoms. The van der Waals surface area contributed by atoms with E-state index in [4.69, 9.17) is 0 Å². The Hall–Kier alpha value is -4.40. The molecule has 4 rings (SSSR count). The standard InChI is InChI=1S/C24H18F2N4O3/c1-27-22(31)20(14-11-12-18(25)19(26)13-14)28-23(32)21-16-9-5-6-10-17(16)24(33)30(29-21)15-7-3-2-4-8-15/h2-13,20H,1H3,(H,27,31)(H,28,32). The summed E-state index contributed by atoms with van der Waals surface area (Å²) in [5.41, 5.74) is -0.0320. The monoisotopic (exact) mass is 448 g/mol. The Bertz CT molecular complexity index is 1420. The topological polar surface area (TPSA) is 93.1 Å². The molecule has 0 spiro atoms. The lowest BCUT2D eigenvalue weighted by molar-refractivity contribution is -0.122. The van der Waals surface area contributed by atoms with Crippen LogP contribution in [0.1, 0.15) is 22.1 Å². The van der Waals surface area contributed by atoms with Crippen LogP contribution in [0.25, 0.3) is 16.5 Å². The van der Waals surface area contributed by atoms with Gasteiger partial charge in [-0.15, -0.1) is 0 Å².